The predicted molar refractivity (Wildman–Crippen MR) is 111 cm³/mol. The molecule has 3 aliphatic rings. The number of benzene rings is 1. The van der Waals surface area contributed by atoms with Gasteiger partial charge in [-0.3, -0.25) is 24.6 Å². The lowest BCUT2D eigenvalue weighted by Crippen LogP contribution is -2.37. The van der Waals surface area contributed by atoms with E-state index in [1.807, 2.05) is 0 Å². The van der Waals surface area contributed by atoms with Gasteiger partial charge in [0.15, 0.2) is 0 Å². The van der Waals surface area contributed by atoms with Crippen molar-refractivity contribution in [3.05, 3.63) is 28.3 Å². The molecule has 2 atom stereocenters. The van der Waals surface area contributed by atoms with Gasteiger partial charge in [0.05, 0.1) is 35.7 Å². The van der Waals surface area contributed by atoms with E-state index in [1.165, 1.54) is 6.07 Å². The lowest BCUT2D eigenvalue weighted by molar-refractivity contribution is -0.383. The maximum Gasteiger partial charge on any atom is 0.294 e. The second-order valence-corrected chi connectivity index (χ2v) is 8.20. The molecule has 0 spiro atoms. The van der Waals surface area contributed by atoms with Crippen molar-refractivity contribution in [3.8, 4) is 0 Å². The van der Waals surface area contributed by atoms with Crippen molar-refractivity contribution in [2.75, 3.05) is 49.6 Å². The molecule has 1 aliphatic carbocycles. The summed E-state index contributed by atoms with van der Waals surface area (Å²) in [6.07, 6.45) is 4.18. The van der Waals surface area contributed by atoms with E-state index in [1.54, 1.807) is 12.1 Å². The number of nitrogens with zero attached hydrogens (tertiary/aromatic N) is 3. The number of rotatable bonds is 7. The smallest absolute Gasteiger partial charge is 0.294 e. The van der Waals surface area contributed by atoms with Gasteiger partial charge in [0.2, 0.25) is 11.8 Å². The Labute approximate surface area is 175 Å². The third-order valence-corrected chi connectivity index (χ3v) is 6.35. The van der Waals surface area contributed by atoms with Crippen molar-refractivity contribution in [1.29, 1.82) is 0 Å². The van der Waals surface area contributed by atoms with Gasteiger partial charge in [-0.05, 0) is 37.9 Å². The lowest BCUT2D eigenvalue weighted by Gasteiger charge is -2.26. The van der Waals surface area contributed by atoms with Crippen LogP contribution in [0.2, 0.25) is 0 Å². The number of imide groups is 1. The fourth-order valence-corrected chi connectivity index (χ4v) is 4.73. The zero-order chi connectivity index (χ0) is 21.1. The fraction of sp³-hybridized carbons (Fsp3) is 0.619. The molecule has 1 aromatic rings. The summed E-state index contributed by atoms with van der Waals surface area (Å²) in [5.41, 5.74) is 0.585. The van der Waals surface area contributed by atoms with Crippen LogP contribution in [0.1, 0.15) is 32.1 Å². The summed E-state index contributed by atoms with van der Waals surface area (Å²) in [7, 11) is 0. The predicted octanol–water partition coefficient (Wildman–Crippen LogP) is 2.41. The van der Waals surface area contributed by atoms with E-state index < -0.39 is 4.92 Å². The summed E-state index contributed by atoms with van der Waals surface area (Å²) < 4.78 is 5.33. The molecule has 2 amide bonds. The molecular weight excluding hydrogens is 388 g/mol. The van der Waals surface area contributed by atoms with Crippen LogP contribution in [0.3, 0.4) is 0 Å². The Kier molecular flexibility index (Phi) is 6.29. The molecule has 0 radical (unpaired) electrons. The van der Waals surface area contributed by atoms with Gasteiger partial charge >= 0.3 is 0 Å². The van der Waals surface area contributed by atoms with Crippen molar-refractivity contribution >= 4 is 28.9 Å². The third kappa shape index (κ3) is 4.17. The van der Waals surface area contributed by atoms with Crippen LogP contribution >= 0.6 is 0 Å². The summed E-state index contributed by atoms with van der Waals surface area (Å²) in [6.45, 7) is 4.82. The molecule has 162 valence electrons. The first-order valence-electron chi connectivity index (χ1n) is 10.8. The number of nitro benzene ring substituents is 1. The van der Waals surface area contributed by atoms with E-state index in [0.717, 1.165) is 69.9 Å². The van der Waals surface area contributed by atoms with E-state index >= 15 is 0 Å². The Morgan fingerprint density at radius 2 is 1.77 bits per heavy atom. The molecule has 2 aliphatic heterocycles. The number of hydrogen-bond donors (Lipinski definition) is 1. The molecule has 2 saturated heterocycles. The van der Waals surface area contributed by atoms with Crippen molar-refractivity contribution in [1.82, 2.24) is 4.90 Å². The molecule has 9 nitrogen and oxygen atoms in total. The molecule has 1 aromatic carbocycles. The molecule has 1 saturated carbocycles. The normalized spacial score (nSPS) is 24.7. The highest BCUT2D eigenvalue weighted by atomic mass is 16.6. The second-order valence-electron chi connectivity index (χ2n) is 8.20. The number of amides is 2. The van der Waals surface area contributed by atoms with Gasteiger partial charge in [-0.25, -0.2) is 4.90 Å². The Bertz CT molecular complexity index is 800. The highest BCUT2D eigenvalue weighted by Gasteiger charge is 2.49. The number of nitro groups is 1. The Morgan fingerprint density at radius 3 is 2.40 bits per heavy atom. The number of anilines is 2. The van der Waals surface area contributed by atoms with Crippen molar-refractivity contribution in [2.45, 2.75) is 32.1 Å². The van der Waals surface area contributed by atoms with Crippen LogP contribution in [0.4, 0.5) is 17.1 Å². The van der Waals surface area contributed by atoms with Gasteiger partial charge < -0.3 is 10.1 Å². The number of nitrogens with one attached hydrogen (secondary N) is 1. The first kappa shape index (κ1) is 20.7. The Balaban J connectivity index is 1.43. The number of ether oxygens (including phenoxy) is 1. The third-order valence-electron chi connectivity index (χ3n) is 6.35. The maximum absolute atomic E-state index is 12.8. The van der Waals surface area contributed by atoms with Crippen molar-refractivity contribution in [3.63, 3.8) is 0 Å². The largest absolute Gasteiger partial charge is 0.379 e. The average molecular weight is 416 g/mol. The van der Waals surface area contributed by atoms with Crippen LogP contribution in [0.15, 0.2) is 18.2 Å². The Morgan fingerprint density at radius 1 is 1.10 bits per heavy atom. The van der Waals surface area contributed by atoms with Gasteiger partial charge in [-0.1, -0.05) is 12.8 Å². The standard InChI is InChI=1S/C21H28N4O5/c26-20-16-4-1-2-5-17(16)21(27)24(20)15-6-7-18(19(14-15)25(28)29)22-8-3-9-23-10-12-30-13-11-23/h6-7,14,16-17,22H,1-5,8-13H2/t16-,17-/m1/s1. The first-order valence-corrected chi connectivity index (χ1v) is 10.8. The molecular formula is C21H28N4O5. The minimum atomic E-state index is -0.466. The fourth-order valence-electron chi connectivity index (χ4n) is 4.73. The topological polar surface area (TPSA) is 105 Å². The molecule has 1 N–H and O–H groups in total. The van der Waals surface area contributed by atoms with E-state index in [4.69, 9.17) is 4.74 Å². The summed E-state index contributed by atoms with van der Waals surface area (Å²) >= 11 is 0. The zero-order valence-electron chi connectivity index (χ0n) is 17.0. The van der Waals surface area contributed by atoms with Crippen molar-refractivity contribution < 1.29 is 19.2 Å². The summed E-state index contributed by atoms with van der Waals surface area (Å²) in [5, 5.41) is 14.8. The molecule has 0 unspecified atom stereocenters. The van der Waals surface area contributed by atoms with Crippen LogP contribution in [0, 0.1) is 22.0 Å². The van der Waals surface area contributed by atoms with Gasteiger partial charge in [-0.2, -0.15) is 0 Å². The second kappa shape index (κ2) is 9.09. The van der Waals surface area contributed by atoms with Crippen molar-refractivity contribution in [2.24, 2.45) is 11.8 Å². The van der Waals surface area contributed by atoms with Crippen LogP contribution in [-0.2, 0) is 14.3 Å². The number of morpholine rings is 1. The quantitative estimate of drug-likeness (QED) is 0.315. The number of carbonyl (C=O) groups excluding carboxylic acids is 2. The highest BCUT2D eigenvalue weighted by Crippen LogP contribution is 2.41. The SMILES string of the molecule is O=C1[C@@H]2CCCC[C@H]2C(=O)N1c1ccc(NCCCN2CCOCC2)c([N+](=O)[O-])c1. The van der Waals surface area contributed by atoms with Gasteiger partial charge in [0, 0.05) is 25.7 Å². The minimum Gasteiger partial charge on any atom is -0.379 e. The molecule has 2 heterocycles. The molecule has 9 heteroatoms. The van der Waals surface area contributed by atoms with E-state index in [-0.39, 0.29) is 29.3 Å². The molecule has 0 aromatic heterocycles. The van der Waals surface area contributed by atoms with Gasteiger partial charge in [0.25, 0.3) is 5.69 Å². The summed E-state index contributed by atoms with van der Waals surface area (Å²) in [5.74, 6) is -0.984. The molecule has 4 rings (SSSR count). The average Bonchev–Trinajstić information content (AvgIpc) is 3.02. The molecule has 30 heavy (non-hydrogen) atoms. The lowest BCUT2D eigenvalue weighted by atomic mass is 9.81. The van der Waals surface area contributed by atoms with Crippen LogP contribution in [0.25, 0.3) is 0 Å². The van der Waals surface area contributed by atoms with Gasteiger partial charge in [-0.15, -0.1) is 0 Å². The van der Waals surface area contributed by atoms with E-state index in [0.29, 0.717) is 17.9 Å². The molecule has 0 bridgehead atoms. The molecule has 3 fully saturated rings. The minimum absolute atomic E-state index is 0.116. The number of carbonyl (C=O) groups is 2. The Hall–Kier alpha value is -2.52. The van der Waals surface area contributed by atoms with Gasteiger partial charge in [0.1, 0.15) is 5.69 Å². The van der Waals surface area contributed by atoms with Crippen LogP contribution in [0.5, 0.6) is 0 Å². The van der Waals surface area contributed by atoms with E-state index in [2.05, 4.69) is 10.2 Å². The number of fused-ring (bicyclic) bond motifs is 1. The maximum atomic E-state index is 12.8. The zero-order valence-corrected chi connectivity index (χ0v) is 17.0. The summed E-state index contributed by atoms with van der Waals surface area (Å²) in [4.78, 5) is 40.2. The highest BCUT2D eigenvalue weighted by molar-refractivity contribution is 6.22. The monoisotopic (exact) mass is 416 g/mol. The van der Waals surface area contributed by atoms with Crippen LogP contribution < -0.4 is 10.2 Å². The van der Waals surface area contributed by atoms with Crippen LogP contribution in [-0.4, -0.2) is 61.0 Å². The number of hydrogen-bond acceptors (Lipinski definition) is 7. The first-order chi connectivity index (χ1) is 14.6. The van der Waals surface area contributed by atoms with E-state index in [9.17, 15) is 19.7 Å². The summed E-state index contributed by atoms with van der Waals surface area (Å²) in [6, 6.07) is 4.58.